The Bertz CT molecular complexity index is 1240. The summed E-state index contributed by atoms with van der Waals surface area (Å²) >= 11 is 1.26. The summed E-state index contributed by atoms with van der Waals surface area (Å²) in [6, 6.07) is 6.96. The molecule has 1 N–H and O–H groups in total. The fraction of sp³-hybridized carbons (Fsp3) is 0.417. The lowest BCUT2D eigenvalue weighted by Gasteiger charge is -2.19. The largest absolute Gasteiger partial charge is 0.339 e. The minimum atomic E-state index is -0.294. The van der Waals surface area contributed by atoms with Crippen LogP contribution in [0, 0.1) is 6.92 Å². The van der Waals surface area contributed by atoms with Gasteiger partial charge in [-0.1, -0.05) is 12.5 Å². The van der Waals surface area contributed by atoms with E-state index in [-0.39, 0.29) is 17.4 Å². The second-order valence-corrected chi connectivity index (χ2v) is 9.04. The molecule has 4 rings (SSSR count). The molecule has 0 bridgehead atoms. The fourth-order valence-electron chi connectivity index (χ4n) is 4.24. The Morgan fingerprint density at radius 1 is 1.19 bits per heavy atom. The molecule has 2 amide bonds. The Labute approximate surface area is 191 Å². The number of anilines is 1. The highest BCUT2D eigenvalue weighted by Crippen LogP contribution is 2.29. The Hall–Kier alpha value is -3.00. The third-order valence-corrected chi connectivity index (χ3v) is 7.22. The average Bonchev–Trinajstić information content (AvgIpc) is 2.95. The highest BCUT2D eigenvalue weighted by molar-refractivity contribution is 7.20. The summed E-state index contributed by atoms with van der Waals surface area (Å²) in [6.45, 7) is 7.61. The molecule has 0 atom stereocenters. The van der Waals surface area contributed by atoms with Gasteiger partial charge < -0.3 is 10.2 Å². The zero-order chi connectivity index (χ0) is 22.8. The number of carbonyl (C=O) groups excluding carboxylic acids is 2. The number of nitrogens with zero attached hydrogens (tertiary/aromatic N) is 3. The summed E-state index contributed by atoms with van der Waals surface area (Å²) in [5, 5.41) is 3.43. The molecule has 1 aliphatic heterocycles. The lowest BCUT2D eigenvalue weighted by Crippen LogP contribution is -2.30. The lowest BCUT2D eigenvalue weighted by molar-refractivity contribution is 0.0772. The van der Waals surface area contributed by atoms with Crippen LogP contribution in [0.5, 0.6) is 0 Å². The van der Waals surface area contributed by atoms with Gasteiger partial charge in [0.1, 0.15) is 10.7 Å². The maximum absolute atomic E-state index is 13.1. The van der Waals surface area contributed by atoms with Crippen molar-refractivity contribution in [2.45, 2.75) is 53.0 Å². The van der Waals surface area contributed by atoms with E-state index < -0.39 is 0 Å². The fourth-order valence-corrected chi connectivity index (χ4v) is 5.32. The molecule has 0 radical (unpaired) electrons. The number of thiophene rings is 1. The van der Waals surface area contributed by atoms with Gasteiger partial charge in [0.15, 0.2) is 0 Å². The molecule has 0 spiro atoms. The second-order valence-electron chi connectivity index (χ2n) is 8.04. The molecule has 1 aliphatic rings. The summed E-state index contributed by atoms with van der Waals surface area (Å²) in [5.41, 5.74) is 1.69. The van der Waals surface area contributed by atoms with Gasteiger partial charge in [0, 0.05) is 37.3 Å². The number of carbonyl (C=O) groups is 2. The van der Waals surface area contributed by atoms with Crippen molar-refractivity contribution in [1.82, 2.24) is 14.5 Å². The molecule has 0 unspecified atom stereocenters. The van der Waals surface area contributed by atoms with Crippen molar-refractivity contribution in [3.8, 4) is 0 Å². The van der Waals surface area contributed by atoms with Crippen LogP contribution in [0.2, 0.25) is 0 Å². The van der Waals surface area contributed by atoms with Crippen molar-refractivity contribution in [1.29, 1.82) is 0 Å². The third kappa shape index (κ3) is 4.07. The lowest BCUT2D eigenvalue weighted by atomic mass is 10.1. The van der Waals surface area contributed by atoms with E-state index in [9.17, 15) is 14.4 Å². The summed E-state index contributed by atoms with van der Waals surface area (Å²) in [5.74, 6) is 0.455. The Kier molecular flexibility index (Phi) is 6.41. The van der Waals surface area contributed by atoms with E-state index in [2.05, 4.69) is 5.32 Å². The number of nitrogens with one attached hydrogen (secondary N) is 1. The van der Waals surface area contributed by atoms with Crippen LogP contribution in [0.4, 0.5) is 5.69 Å². The Balaban J connectivity index is 1.65. The van der Waals surface area contributed by atoms with Gasteiger partial charge in [0.05, 0.1) is 10.3 Å². The normalized spacial score (nSPS) is 13.5. The molecule has 0 saturated heterocycles. The van der Waals surface area contributed by atoms with Gasteiger partial charge in [-0.2, -0.15) is 0 Å². The molecule has 0 saturated carbocycles. The molecule has 0 aliphatic carbocycles. The number of aromatic nitrogens is 2. The van der Waals surface area contributed by atoms with Gasteiger partial charge in [-0.05, 0) is 57.4 Å². The van der Waals surface area contributed by atoms with Gasteiger partial charge in [0.2, 0.25) is 0 Å². The number of hydrogen-bond donors (Lipinski definition) is 1. The van der Waals surface area contributed by atoms with E-state index in [0.29, 0.717) is 51.5 Å². The monoisotopic (exact) mass is 452 g/mol. The van der Waals surface area contributed by atoms with Crippen LogP contribution in [0.1, 0.15) is 64.5 Å². The SMILES string of the molecule is CCN(CC)C(=O)c1cccc(NC(=O)c2sc3nc4n(c(=O)c3c2C)CCCCC4)c1. The quantitative estimate of drug-likeness (QED) is 0.628. The summed E-state index contributed by atoms with van der Waals surface area (Å²) in [4.78, 5) is 46.4. The van der Waals surface area contributed by atoms with Crippen LogP contribution in [0.15, 0.2) is 29.1 Å². The summed E-state index contributed by atoms with van der Waals surface area (Å²) in [7, 11) is 0. The van der Waals surface area contributed by atoms with Crippen LogP contribution in [0.25, 0.3) is 10.2 Å². The number of benzene rings is 1. The topological polar surface area (TPSA) is 84.3 Å². The Morgan fingerprint density at radius 3 is 2.72 bits per heavy atom. The highest BCUT2D eigenvalue weighted by Gasteiger charge is 2.22. The number of fused-ring (bicyclic) bond motifs is 2. The van der Waals surface area contributed by atoms with Crippen molar-refractivity contribution in [3.63, 3.8) is 0 Å². The zero-order valence-corrected chi connectivity index (χ0v) is 19.6. The molecule has 3 heterocycles. The second kappa shape index (κ2) is 9.24. The highest BCUT2D eigenvalue weighted by atomic mass is 32.1. The maximum Gasteiger partial charge on any atom is 0.266 e. The van der Waals surface area contributed by atoms with Gasteiger partial charge in [-0.25, -0.2) is 4.98 Å². The van der Waals surface area contributed by atoms with Crippen LogP contribution in [-0.4, -0.2) is 39.4 Å². The summed E-state index contributed by atoms with van der Waals surface area (Å²) in [6.07, 6.45) is 3.88. The van der Waals surface area contributed by atoms with E-state index in [0.717, 1.165) is 31.5 Å². The van der Waals surface area contributed by atoms with Crippen molar-refractivity contribution in [3.05, 3.63) is 56.4 Å². The summed E-state index contributed by atoms with van der Waals surface area (Å²) < 4.78 is 1.78. The smallest absolute Gasteiger partial charge is 0.266 e. The van der Waals surface area contributed by atoms with Gasteiger partial charge in [0.25, 0.3) is 17.4 Å². The van der Waals surface area contributed by atoms with Crippen LogP contribution < -0.4 is 10.9 Å². The molecule has 0 fully saturated rings. The van der Waals surface area contributed by atoms with Crippen LogP contribution in [-0.2, 0) is 13.0 Å². The molecule has 32 heavy (non-hydrogen) atoms. The van der Waals surface area contributed by atoms with Crippen molar-refractivity contribution < 1.29 is 9.59 Å². The van der Waals surface area contributed by atoms with Gasteiger partial charge in [-0.3, -0.25) is 19.0 Å². The van der Waals surface area contributed by atoms with Gasteiger partial charge >= 0.3 is 0 Å². The Morgan fingerprint density at radius 2 is 1.97 bits per heavy atom. The molecular formula is C24H28N4O3S. The van der Waals surface area contributed by atoms with E-state index in [1.807, 2.05) is 13.8 Å². The average molecular weight is 453 g/mol. The number of rotatable bonds is 5. The van der Waals surface area contributed by atoms with E-state index in [1.54, 1.807) is 40.7 Å². The molecule has 8 heteroatoms. The molecule has 2 aromatic heterocycles. The van der Waals surface area contributed by atoms with Crippen LogP contribution in [0.3, 0.4) is 0 Å². The standard InChI is InChI=1S/C24H28N4O3S/c1-4-27(5-2)23(30)16-10-9-11-17(14-16)25-21(29)20-15(3)19-22(32-20)26-18-12-7-6-8-13-28(18)24(19)31/h9-11,14H,4-8,12-13H2,1-3H3,(H,25,29). The number of amides is 2. The van der Waals surface area contributed by atoms with Gasteiger partial charge in [-0.15, -0.1) is 11.3 Å². The van der Waals surface area contributed by atoms with E-state index in [4.69, 9.17) is 4.98 Å². The minimum absolute atomic E-state index is 0.0495. The number of aryl methyl sites for hydroxylation is 2. The first-order valence-electron chi connectivity index (χ1n) is 11.2. The first kappa shape index (κ1) is 22.2. The first-order chi connectivity index (χ1) is 15.4. The molecule has 1 aromatic carbocycles. The molecular weight excluding hydrogens is 424 g/mol. The molecule has 3 aromatic rings. The van der Waals surface area contributed by atoms with Crippen molar-refractivity contribution in [2.75, 3.05) is 18.4 Å². The molecule has 7 nitrogen and oxygen atoms in total. The number of hydrogen-bond acceptors (Lipinski definition) is 5. The third-order valence-electron chi connectivity index (χ3n) is 6.04. The predicted octanol–water partition coefficient (Wildman–Crippen LogP) is 4.23. The zero-order valence-electron chi connectivity index (χ0n) is 18.7. The molecule has 168 valence electrons. The minimum Gasteiger partial charge on any atom is -0.339 e. The first-order valence-corrected chi connectivity index (χ1v) is 12.0. The van der Waals surface area contributed by atoms with E-state index >= 15 is 0 Å². The van der Waals surface area contributed by atoms with Crippen LogP contribution >= 0.6 is 11.3 Å². The maximum atomic E-state index is 13.1. The van der Waals surface area contributed by atoms with Crippen molar-refractivity contribution >= 4 is 39.1 Å². The van der Waals surface area contributed by atoms with E-state index in [1.165, 1.54) is 11.3 Å². The predicted molar refractivity (Wildman–Crippen MR) is 128 cm³/mol. The van der Waals surface area contributed by atoms with Crippen molar-refractivity contribution in [2.24, 2.45) is 0 Å².